The molecule has 2 aromatic rings. The first-order valence-corrected chi connectivity index (χ1v) is 8.99. The first-order valence-electron chi connectivity index (χ1n) is 8.11. The monoisotopic (exact) mass is 333 g/mol. The summed E-state index contributed by atoms with van der Waals surface area (Å²) in [5, 5.41) is 6.20. The normalized spacial score (nSPS) is 16.2. The highest BCUT2D eigenvalue weighted by atomic mass is 32.1. The minimum absolute atomic E-state index is 0.217. The van der Waals surface area contributed by atoms with E-state index in [0.29, 0.717) is 24.1 Å². The molecule has 0 radical (unpaired) electrons. The molecule has 1 aliphatic heterocycles. The zero-order valence-corrected chi connectivity index (χ0v) is 14.4. The van der Waals surface area contributed by atoms with Gasteiger partial charge in [-0.3, -0.25) is 4.79 Å². The Labute approximate surface area is 140 Å². The lowest BCUT2D eigenvalue weighted by Crippen LogP contribution is -2.38. The van der Waals surface area contributed by atoms with Crippen molar-refractivity contribution < 1.29 is 9.32 Å². The average Bonchev–Trinajstić information content (AvgIpc) is 3.16. The summed E-state index contributed by atoms with van der Waals surface area (Å²) in [6.45, 7) is 5.76. The summed E-state index contributed by atoms with van der Waals surface area (Å²) in [6, 6.07) is 4.00. The van der Waals surface area contributed by atoms with Gasteiger partial charge in [0.05, 0.1) is 12.1 Å². The predicted molar refractivity (Wildman–Crippen MR) is 91.6 cm³/mol. The van der Waals surface area contributed by atoms with E-state index in [0.717, 1.165) is 42.1 Å². The SMILES string of the molecule is CC(C)c1c(C2CCN(C(=O)Cc3cccs3)CC2)noc1N. The van der Waals surface area contributed by atoms with Crippen molar-refractivity contribution in [2.75, 3.05) is 18.8 Å². The van der Waals surface area contributed by atoms with Crippen LogP contribution >= 0.6 is 11.3 Å². The number of anilines is 1. The third-order valence-corrected chi connectivity index (χ3v) is 5.38. The number of nitrogens with two attached hydrogens (primary N) is 1. The van der Waals surface area contributed by atoms with E-state index in [9.17, 15) is 4.79 Å². The second-order valence-electron chi connectivity index (χ2n) is 6.41. The average molecular weight is 333 g/mol. The van der Waals surface area contributed by atoms with Crippen molar-refractivity contribution in [3.8, 4) is 0 Å². The molecule has 124 valence electrons. The summed E-state index contributed by atoms with van der Waals surface area (Å²) in [5.41, 5.74) is 7.93. The molecule has 6 heteroatoms. The van der Waals surface area contributed by atoms with E-state index >= 15 is 0 Å². The van der Waals surface area contributed by atoms with Gasteiger partial charge in [-0.15, -0.1) is 11.3 Å². The topological polar surface area (TPSA) is 72.4 Å². The van der Waals surface area contributed by atoms with Crippen molar-refractivity contribution in [3.05, 3.63) is 33.6 Å². The lowest BCUT2D eigenvalue weighted by atomic mass is 9.88. The Kier molecular flexibility index (Phi) is 4.71. The van der Waals surface area contributed by atoms with Crippen molar-refractivity contribution in [3.63, 3.8) is 0 Å². The van der Waals surface area contributed by atoms with Gasteiger partial charge in [0.25, 0.3) is 0 Å². The largest absolute Gasteiger partial charge is 0.367 e. The van der Waals surface area contributed by atoms with Crippen LogP contribution in [0.1, 0.15) is 54.7 Å². The highest BCUT2D eigenvalue weighted by molar-refractivity contribution is 7.10. The molecule has 1 saturated heterocycles. The number of aromatic nitrogens is 1. The van der Waals surface area contributed by atoms with Crippen LogP contribution in [0.15, 0.2) is 22.0 Å². The minimum Gasteiger partial charge on any atom is -0.367 e. The Morgan fingerprint density at radius 2 is 2.22 bits per heavy atom. The van der Waals surface area contributed by atoms with E-state index in [4.69, 9.17) is 10.3 Å². The summed E-state index contributed by atoms with van der Waals surface area (Å²) < 4.78 is 5.20. The fourth-order valence-corrected chi connectivity index (χ4v) is 3.97. The Hall–Kier alpha value is -1.82. The first-order chi connectivity index (χ1) is 11.1. The van der Waals surface area contributed by atoms with Crippen molar-refractivity contribution in [1.82, 2.24) is 10.1 Å². The van der Waals surface area contributed by atoms with Crippen LogP contribution < -0.4 is 5.73 Å². The van der Waals surface area contributed by atoms with E-state index in [1.807, 2.05) is 22.4 Å². The van der Waals surface area contributed by atoms with Crippen molar-refractivity contribution >= 4 is 23.1 Å². The number of nitrogens with zero attached hydrogens (tertiary/aromatic N) is 2. The third kappa shape index (κ3) is 3.42. The van der Waals surface area contributed by atoms with Gasteiger partial charge in [-0.25, -0.2) is 0 Å². The molecule has 1 aliphatic rings. The van der Waals surface area contributed by atoms with Crippen LogP contribution in [0.4, 0.5) is 5.88 Å². The predicted octanol–water partition coefficient (Wildman–Crippen LogP) is 3.39. The number of thiophene rings is 1. The highest BCUT2D eigenvalue weighted by Crippen LogP contribution is 2.35. The second kappa shape index (κ2) is 6.74. The lowest BCUT2D eigenvalue weighted by Gasteiger charge is -2.31. The number of amides is 1. The van der Waals surface area contributed by atoms with Gasteiger partial charge in [0.1, 0.15) is 0 Å². The quantitative estimate of drug-likeness (QED) is 0.931. The van der Waals surface area contributed by atoms with Crippen LogP contribution in [0.5, 0.6) is 0 Å². The Morgan fingerprint density at radius 1 is 1.48 bits per heavy atom. The number of likely N-dealkylation sites (tertiary alicyclic amines) is 1. The standard InChI is InChI=1S/C17H23N3O2S/c1-11(2)15-16(19-22-17(15)18)12-5-7-20(8-6-12)14(21)10-13-4-3-9-23-13/h3-4,9,11-12H,5-8,10,18H2,1-2H3. The molecular formula is C17H23N3O2S. The van der Waals surface area contributed by atoms with E-state index in [-0.39, 0.29) is 5.91 Å². The summed E-state index contributed by atoms with van der Waals surface area (Å²) >= 11 is 1.64. The molecule has 2 N–H and O–H groups in total. The molecule has 0 atom stereocenters. The van der Waals surface area contributed by atoms with Crippen LogP contribution in [0.3, 0.4) is 0 Å². The summed E-state index contributed by atoms with van der Waals surface area (Å²) in [4.78, 5) is 15.5. The molecule has 0 aromatic carbocycles. The van der Waals surface area contributed by atoms with Gasteiger partial charge in [0.2, 0.25) is 11.8 Å². The summed E-state index contributed by atoms with van der Waals surface area (Å²) in [5.74, 6) is 1.29. The maximum Gasteiger partial charge on any atom is 0.227 e. The number of hydrogen-bond acceptors (Lipinski definition) is 5. The number of nitrogen functional groups attached to an aromatic ring is 1. The number of carbonyl (C=O) groups is 1. The number of hydrogen-bond donors (Lipinski definition) is 1. The van der Waals surface area contributed by atoms with Crippen LogP contribution in [-0.2, 0) is 11.2 Å². The van der Waals surface area contributed by atoms with Crippen LogP contribution in [0.2, 0.25) is 0 Å². The number of piperidine rings is 1. The smallest absolute Gasteiger partial charge is 0.227 e. The Bertz CT molecular complexity index is 655. The van der Waals surface area contributed by atoms with Gasteiger partial charge in [-0.05, 0) is 30.2 Å². The van der Waals surface area contributed by atoms with Gasteiger partial charge in [0, 0.05) is 29.4 Å². The number of carbonyl (C=O) groups excluding carboxylic acids is 1. The highest BCUT2D eigenvalue weighted by Gasteiger charge is 2.29. The van der Waals surface area contributed by atoms with Crippen molar-refractivity contribution in [2.24, 2.45) is 0 Å². The molecule has 0 saturated carbocycles. The molecule has 0 bridgehead atoms. The van der Waals surface area contributed by atoms with Crippen molar-refractivity contribution in [2.45, 2.75) is 44.9 Å². The molecule has 0 unspecified atom stereocenters. The molecule has 2 aromatic heterocycles. The molecule has 0 spiro atoms. The molecule has 5 nitrogen and oxygen atoms in total. The second-order valence-corrected chi connectivity index (χ2v) is 7.44. The number of rotatable bonds is 4. The minimum atomic E-state index is 0.217. The summed E-state index contributed by atoms with van der Waals surface area (Å²) in [7, 11) is 0. The van der Waals surface area contributed by atoms with Crippen LogP contribution in [-0.4, -0.2) is 29.1 Å². The fourth-order valence-electron chi connectivity index (χ4n) is 3.27. The Balaban J connectivity index is 1.61. The zero-order valence-electron chi connectivity index (χ0n) is 13.6. The third-order valence-electron chi connectivity index (χ3n) is 4.50. The molecule has 23 heavy (non-hydrogen) atoms. The molecule has 1 amide bonds. The maximum atomic E-state index is 12.4. The van der Waals surface area contributed by atoms with Crippen LogP contribution in [0.25, 0.3) is 0 Å². The van der Waals surface area contributed by atoms with E-state index in [2.05, 4.69) is 19.0 Å². The molecule has 3 heterocycles. The van der Waals surface area contributed by atoms with Gasteiger partial charge in [-0.2, -0.15) is 0 Å². The lowest BCUT2D eigenvalue weighted by molar-refractivity contribution is -0.131. The maximum absolute atomic E-state index is 12.4. The van der Waals surface area contributed by atoms with Gasteiger partial charge < -0.3 is 15.2 Å². The fraction of sp³-hybridized carbons (Fsp3) is 0.529. The van der Waals surface area contributed by atoms with E-state index < -0.39 is 0 Å². The molecule has 1 fully saturated rings. The zero-order chi connectivity index (χ0) is 16.4. The van der Waals surface area contributed by atoms with E-state index in [1.54, 1.807) is 11.3 Å². The molecule has 3 rings (SSSR count). The van der Waals surface area contributed by atoms with Crippen molar-refractivity contribution in [1.29, 1.82) is 0 Å². The molecule has 0 aliphatic carbocycles. The van der Waals surface area contributed by atoms with Gasteiger partial charge in [0.15, 0.2) is 0 Å². The first kappa shape index (κ1) is 16.1. The van der Waals surface area contributed by atoms with E-state index in [1.165, 1.54) is 0 Å². The Morgan fingerprint density at radius 3 is 2.83 bits per heavy atom. The summed E-state index contributed by atoms with van der Waals surface area (Å²) in [6.07, 6.45) is 2.35. The molecular weight excluding hydrogens is 310 g/mol. The van der Waals surface area contributed by atoms with Gasteiger partial charge >= 0.3 is 0 Å². The van der Waals surface area contributed by atoms with Crippen LogP contribution in [0, 0.1) is 0 Å². The van der Waals surface area contributed by atoms with Gasteiger partial charge in [-0.1, -0.05) is 25.1 Å².